The standard InChI is InChI=1S/C17H25N3O/c1-3-15-12-20(11-10-19(15)2)16(21)17(8-9-17)13-4-6-14(18)7-5-13/h4-7,15H,3,8-12,18H2,1-2H3. The molecule has 1 heterocycles. The fourth-order valence-corrected chi connectivity index (χ4v) is 3.43. The number of likely N-dealkylation sites (N-methyl/N-ethyl adjacent to an activating group) is 1. The van der Waals surface area contributed by atoms with Crippen LogP contribution in [0, 0.1) is 0 Å². The molecule has 1 aromatic rings. The first kappa shape index (κ1) is 14.4. The van der Waals surface area contributed by atoms with Gasteiger partial charge in [0.1, 0.15) is 0 Å². The molecule has 4 heteroatoms. The molecule has 0 radical (unpaired) electrons. The van der Waals surface area contributed by atoms with Crippen molar-refractivity contribution in [3.63, 3.8) is 0 Å². The van der Waals surface area contributed by atoms with Gasteiger partial charge in [-0.25, -0.2) is 0 Å². The molecular formula is C17H25N3O. The Hall–Kier alpha value is -1.55. The number of carbonyl (C=O) groups is 1. The zero-order valence-electron chi connectivity index (χ0n) is 13.0. The van der Waals surface area contributed by atoms with E-state index in [-0.39, 0.29) is 5.41 Å². The molecule has 0 bridgehead atoms. The molecule has 1 saturated carbocycles. The molecule has 3 rings (SSSR count). The molecule has 21 heavy (non-hydrogen) atoms. The van der Waals surface area contributed by atoms with Crippen LogP contribution in [0.1, 0.15) is 31.7 Å². The predicted molar refractivity (Wildman–Crippen MR) is 85.1 cm³/mol. The number of carbonyl (C=O) groups excluding carboxylic acids is 1. The zero-order chi connectivity index (χ0) is 15.0. The highest BCUT2D eigenvalue weighted by Crippen LogP contribution is 2.50. The molecule has 1 aliphatic heterocycles. The van der Waals surface area contributed by atoms with Crippen molar-refractivity contribution in [2.45, 2.75) is 37.6 Å². The van der Waals surface area contributed by atoms with Crippen LogP contribution < -0.4 is 5.73 Å². The van der Waals surface area contributed by atoms with Crippen molar-refractivity contribution in [1.29, 1.82) is 0 Å². The van der Waals surface area contributed by atoms with Gasteiger partial charge in [-0.15, -0.1) is 0 Å². The van der Waals surface area contributed by atoms with Gasteiger partial charge in [0.05, 0.1) is 5.41 Å². The summed E-state index contributed by atoms with van der Waals surface area (Å²) in [4.78, 5) is 17.5. The van der Waals surface area contributed by atoms with Crippen molar-refractivity contribution < 1.29 is 4.79 Å². The summed E-state index contributed by atoms with van der Waals surface area (Å²) >= 11 is 0. The molecule has 0 aromatic heterocycles. The summed E-state index contributed by atoms with van der Waals surface area (Å²) in [6, 6.07) is 8.34. The Morgan fingerprint density at radius 3 is 2.52 bits per heavy atom. The molecule has 2 N–H and O–H groups in total. The van der Waals surface area contributed by atoms with E-state index in [0.29, 0.717) is 11.9 Å². The second-order valence-corrected chi connectivity index (χ2v) is 6.50. The fraction of sp³-hybridized carbons (Fsp3) is 0.588. The number of benzene rings is 1. The van der Waals surface area contributed by atoms with Crippen LogP contribution in [-0.2, 0) is 10.2 Å². The van der Waals surface area contributed by atoms with Crippen molar-refractivity contribution in [2.24, 2.45) is 0 Å². The number of nitrogen functional groups attached to an aromatic ring is 1. The Morgan fingerprint density at radius 2 is 1.95 bits per heavy atom. The normalized spacial score (nSPS) is 24.9. The van der Waals surface area contributed by atoms with Crippen LogP contribution in [0.15, 0.2) is 24.3 Å². The number of amides is 1. The summed E-state index contributed by atoms with van der Waals surface area (Å²) in [6.07, 6.45) is 3.03. The molecule has 1 amide bonds. The monoisotopic (exact) mass is 287 g/mol. The lowest BCUT2D eigenvalue weighted by Crippen LogP contribution is -2.55. The predicted octanol–water partition coefficient (Wildman–Crippen LogP) is 1.85. The minimum Gasteiger partial charge on any atom is -0.399 e. The molecule has 1 atom stereocenters. The second kappa shape index (κ2) is 5.34. The van der Waals surface area contributed by atoms with Gasteiger partial charge in [-0.1, -0.05) is 19.1 Å². The van der Waals surface area contributed by atoms with Gasteiger partial charge >= 0.3 is 0 Å². The molecule has 0 spiro atoms. The van der Waals surface area contributed by atoms with E-state index in [1.54, 1.807) is 0 Å². The molecule has 4 nitrogen and oxygen atoms in total. The van der Waals surface area contributed by atoms with Crippen LogP contribution >= 0.6 is 0 Å². The third kappa shape index (κ3) is 2.53. The number of hydrogen-bond donors (Lipinski definition) is 1. The third-order valence-electron chi connectivity index (χ3n) is 5.16. The maximum atomic E-state index is 13.0. The Balaban J connectivity index is 1.77. The Bertz CT molecular complexity index is 521. The first-order valence-corrected chi connectivity index (χ1v) is 7.92. The Labute approximate surface area is 126 Å². The van der Waals surface area contributed by atoms with Gasteiger partial charge in [0.2, 0.25) is 5.91 Å². The van der Waals surface area contributed by atoms with Crippen molar-refractivity contribution in [3.05, 3.63) is 29.8 Å². The Morgan fingerprint density at radius 1 is 1.29 bits per heavy atom. The van der Waals surface area contributed by atoms with Crippen LogP contribution in [0.25, 0.3) is 0 Å². The average Bonchev–Trinajstić information content (AvgIpc) is 3.29. The number of piperazine rings is 1. The van der Waals surface area contributed by atoms with Crippen molar-refractivity contribution in [2.75, 3.05) is 32.4 Å². The molecule has 1 saturated heterocycles. The Kier molecular flexibility index (Phi) is 3.66. The number of anilines is 1. The number of nitrogens with zero attached hydrogens (tertiary/aromatic N) is 2. The minimum absolute atomic E-state index is 0.262. The number of rotatable bonds is 3. The molecule has 2 fully saturated rings. The van der Waals surface area contributed by atoms with Crippen LogP contribution in [0.3, 0.4) is 0 Å². The van der Waals surface area contributed by atoms with Gasteiger partial charge in [0.25, 0.3) is 0 Å². The summed E-state index contributed by atoms with van der Waals surface area (Å²) in [5.74, 6) is 0.318. The highest BCUT2D eigenvalue weighted by atomic mass is 16.2. The first-order valence-electron chi connectivity index (χ1n) is 7.92. The summed E-state index contributed by atoms with van der Waals surface area (Å²) in [5.41, 5.74) is 7.39. The maximum absolute atomic E-state index is 13.0. The lowest BCUT2D eigenvalue weighted by Gasteiger charge is -2.40. The van der Waals surface area contributed by atoms with Gasteiger partial charge in [-0.2, -0.15) is 0 Å². The quantitative estimate of drug-likeness (QED) is 0.863. The molecule has 1 unspecified atom stereocenters. The van der Waals surface area contributed by atoms with E-state index in [9.17, 15) is 4.79 Å². The topological polar surface area (TPSA) is 49.6 Å². The van der Waals surface area contributed by atoms with Gasteiger partial charge < -0.3 is 10.6 Å². The minimum atomic E-state index is -0.262. The van der Waals surface area contributed by atoms with E-state index in [1.165, 1.54) is 0 Å². The van der Waals surface area contributed by atoms with E-state index < -0.39 is 0 Å². The highest BCUT2D eigenvalue weighted by molar-refractivity contribution is 5.91. The molecule has 1 aliphatic carbocycles. The zero-order valence-corrected chi connectivity index (χ0v) is 13.0. The van der Waals surface area contributed by atoms with E-state index in [1.807, 2.05) is 24.3 Å². The summed E-state index contributed by atoms with van der Waals surface area (Å²) in [7, 11) is 2.16. The van der Waals surface area contributed by atoms with Crippen LogP contribution in [0.4, 0.5) is 5.69 Å². The van der Waals surface area contributed by atoms with Crippen LogP contribution in [0.5, 0.6) is 0 Å². The molecular weight excluding hydrogens is 262 g/mol. The van der Waals surface area contributed by atoms with Gasteiger partial charge in [-0.05, 0) is 44.0 Å². The fourth-order valence-electron chi connectivity index (χ4n) is 3.43. The van der Waals surface area contributed by atoms with Gasteiger partial charge in [0, 0.05) is 31.4 Å². The second-order valence-electron chi connectivity index (χ2n) is 6.50. The van der Waals surface area contributed by atoms with Gasteiger partial charge in [-0.3, -0.25) is 9.69 Å². The SMILES string of the molecule is CCC1CN(C(=O)C2(c3ccc(N)cc3)CC2)CCN1C. The van der Waals surface area contributed by atoms with Crippen LogP contribution in [0.2, 0.25) is 0 Å². The van der Waals surface area contributed by atoms with Crippen molar-refractivity contribution in [3.8, 4) is 0 Å². The summed E-state index contributed by atoms with van der Waals surface area (Å²) < 4.78 is 0. The maximum Gasteiger partial charge on any atom is 0.233 e. The van der Waals surface area contributed by atoms with E-state index in [2.05, 4.69) is 23.8 Å². The van der Waals surface area contributed by atoms with E-state index >= 15 is 0 Å². The van der Waals surface area contributed by atoms with Crippen LogP contribution in [-0.4, -0.2) is 48.4 Å². The summed E-state index contributed by atoms with van der Waals surface area (Å²) in [6.45, 7) is 4.88. The van der Waals surface area contributed by atoms with Gasteiger partial charge in [0.15, 0.2) is 0 Å². The van der Waals surface area contributed by atoms with E-state index in [0.717, 1.165) is 50.1 Å². The average molecular weight is 287 g/mol. The number of hydrogen-bond acceptors (Lipinski definition) is 3. The lowest BCUT2D eigenvalue weighted by molar-refractivity contribution is -0.136. The summed E-state index contributed by atoms with van der Waals surface area (Å²) in [5, 5.41) is 0. The van der Waals surface area contributed by atoms with E-state index in [4.69, 9.17) is 5.73 Å². The highest BCUT2D eigenvalue weighted by Gasteiger charge is 2.53. The van der Waals surface area contributed by atoms with Crippen molar-refractivity contribution >= 4 is 11.6 Å². The number of nitrogens with two attached hydrogens (primary N) is 1. The third-order valence-corrected chi connectivity index (χ3v) is 5.16. The van der Waals surface area contributed by atoms with Crippen molar-refractivity contribution in [1.82, 2.24) is 9.80 Å². The smallest absolute Gasteiger partial charge is 0.233 e. The molecule has 2 aliphatic rings. The molecule has 1 aromatic carbocycles. The lowest BCUT2D eigenvalue weighted by atomic mass is 9.93. The largest absolute Gasteiger partial charge is 0.399 e. The molecule has 114 valence electrons. The first-order chi connectivity index (χ1) is 10.1.